The van der Waals surface area contributed by atoms with Gasteiger partial charge in [0.15, 0.2) is 0 Å². The van der Waals surface area contributed by atoms with Gasteiger partial charge in [-0.3, -0.25) is 9.59 Å². The average molecular weight is 363 g/mol. The summed E-state index contributed by atoms with van der Waals surface area (Å²) in [5.74, 6) is -0.535. The van der Waals surface area contributed by atoms with Crippen LogP contribution in [0.25, 0.3) is 0 Å². The number of carbonyl (C=O) groups is 2. The van der Waals surface area contributed by atoms with Crippen LogP contribution in [0.2, 0.25) is 0 Å². The van der Waals surface area contributed by atoms with Gasteiger partial charge in [-0.1, -0.05) is 12.1 Å². The summed E-state index contributed by atoms with van der Waals surface area (Å²) in [6.07, 6.45) is 0.549. The molecule has 2 N–H and O–H groups in total. The third kappa shape index (κ3) is 4.14. The molecule has 0 aliphatic carbocycles. The highest BCUT2D eigenvalue weighted by molar-refractivity contribution is 7.90. The van der Waals surface area contributed by atoms with Gasteiger partial charge in [-0.2, -0.15) is 0 Å². The number of hydrogen-bond acceptors (Lipinski definition) is 6. The smallest absolute Gasteiger partial charge is 0.268 e. The van der Waals surface area contributed by atoms with Crippen molar-refractivity contribution in [3.05, 3.63) is 54.1 Å². The van der Waals surface area contributed by atoms with Crippen LogP contribution in [-0.4, -0.2) is 34.9 Å². The molecule has 0 aliphatic rings. The van der Waals surface area contributed by atoms with Gasteiger partial charge in [-0.25, -0.2) is 23.6 Å². The van der Waals surface area contributed by atoms with Crippen LogP contribution in [0.4, 0.5) is 5.69 Å². The fraction of sp³-hybridized carbons (Fsp3) is 0.125. The number of ether oxygens (including phenoxy) is 1. The van der Waals surface area contributed by atoms with Gasteiger partial charge in [0.2, 0.25) is 6.41 Å². The Balaban J connectivity index is 2.24. The van der Waals surface area contributed by atoms with Crippen LogP contribution < -0.4 is 19.9 Å². The van der Waals surface area contributed by atoms with Gasteiger partial charge in [0.1, 0.15) is 5.75 Å². The molecule has 0 fully saturated rings. The van der Waals surface area contributed by atoms with E-state index in [1.54, 1.807) is 25.2 Å². The summed E-state index contributed by atoms with van der Waals surface area (Å²) >= 11 is 0. The molecule has 25 heavy (non-hydrogen) atoms. The molecule has 2 rings (SSSR count). The maximum atomic E-state index is 12.4. The molecule has 2 aromatic rings. The highest BCUT2D eigenvalue weighted by Gasteiger charge is 2.21. The Hall–Kier alpha value is -2.91. The largest absolute Gasteiger partial charge is 0.496 e. The second kappa shape index (κ2) is 7.77. The van der Waals surface area contributed by atoms with Crippen LogP contribution in [0.5, 0.6) is 5.75 Å². The molecule has 0 saturated carbocycles. The van der Waals surface area contributed by atoms with Crippen molar-refractivity contribution in [1.82, 2.24) is 10.1 Å². The van der Waals surface area contributed by atoms with Gasteiger partial charge < -0.3 is 4.74 Å². The van der Waals surface area contributed by atoms with Crippen molar-refractivity contribution in [2.45, 2.75) is 4.90 Å². The van der Waals surface area contributed by atoms with Crippen molar-refractivity contribution in [1.29, 1.82) is 0 Å². The van der Waals surface area contributed by atoms with Gasteiger partial charge in [0.25, 0.3) is 15.9 Å². The van der Waals surface area contributed by atoms with Crippen LogP contribution in [0.3, 0.4) is 0 Å². The number of anilines is 1. The Morgan fingerprint density at radius 2 is 1.76 bits per heavy atom. The summed E-state index contributed by atoms with van der Waals surface area (Å²) in [6.45, 7) is 0. The second-order valence-electron chi connectivity index (χ2n) is 4.83. The zero-order valence-corrected chi connectivity index (χ0v) is 14.4. The normalized spacial score (nSPS) is 10.8. The van der Waals surface area contributed by atoms with Crippen LogP contribution >= 0.6 is 0 Å². The average Bonchev–Trinajstić information content (AvgIpc) is 2.62. The first-order valence-electron chi connectivity index (χ1n) is 7.15. The number of hydrazine groups is 1. The van der Waals surface area contributed by atoms with Gasteiger partial charge >= 0.3 is 0 Å². The van der Waals surface area contributed by atoms with Crippen molar-refractivity contribution in [3.8, 4) is 5.75 Å². The Morgan fingerprint density at radius 3 is 2.32 bits per heavy atom. The molecule has 9 heteroatoms. The number of hydrogen-bond donors (Lipinski definition) is 2. The number of nitrogens with zero attached hydrogens (tertiary/aromatic N) is 1. The maximum absolute atomic E-state index is 12.4. The number of nitrogens with one attached hydrogen (secondary N) is 2. The summed E-state index contributed by atoms with van der Waals surface area (Å²) in [5, 5.41) is 1.17. The Morgan fingerprint density at radius 1 is 1.12 bits per heavy atom. The predicted octanol–water partition coefficient (Wildman–Crippen LogP) is 0.911. The Bertz CT molecular complexity index is 866. The van der Waals surface area contributed by atoms with Crippen molar-refractivity contribution < 1.29 is 22.7 Å². The molecule has 0 aromatic heterocycles. The summed E-state index contributed by atoms with van der Waals surface area (Å²) in [7, 11) is -1.13. The van der Waals surface area contributed by atoms with E-state index in [-0.39, 0.29) is 16.2 Å². The van der Waals surface area contributed by atoms with Crippen molar-refractivity contribution in [3.63, 3.8) is 0 Å². The lowest BCUT2D eigenvalue weighted by atomic mass is 10.2. The van der Waals surface area contributed by atoms with Crippen molar-refractivity contribution in [2.24, 2.45) is 0 Å². The number of para-hydroxylation sites is 1. The minimum Gasteiger partial charge on any atom is -0.496 e. The number of rotatable bonds is 7. The van der Waals surface area contributed by atoms with E-state index in [9.17, 15) is 18.0 Å². The van der Waals surface area contributed by atoms with Gasteiger partial charge in [0.05, 0.1) is 23.3 Å². The first-order chi connectivity index (χ1) is 11.9. The van der Waals surface area contributed by atoms with Gasteiger partial charge in [-0.15, -0.1) is 0 Å². The molecule has 0 radical (unpaired) electrons. The molecule has 0 unspecified atom stereocenters. The van der Waals surface area contributed by atoms with Crippen molar-refractivity contribution >= 4 is 28.0 Å². The molecule has 132 valence electrons. The number of benzene rings is 2. The first-order valence-corrected chi connectivity index (χ1v) is 8.63. The third-order valence-electron chi connectivity index (χ3n) is 3.35. The van der Waals surface area contributed by atoms with Gasteiger partial charge in [0, 0.05) is 7.05 Å². The number of methoxy groups -OCH3 is 1. The van der Waals surface area contributed by atoms with E-state index in [1.165, 1.54) is 42.5 Å². The SMILES string of the molecule is CNN(C=O)c1ccc(S(=O)(=O)NC(=O)c2ccccc2OC)cc1. The topological polar surface area (TPSA) is 105 Å². The highest BCUT2D eigenvalue weighted by Crippen LogP contribution is 2.19. The second-order valence-corrected chi connectivity index (χ2v) is 6.51. The molecule has 0 heterocycles. The Kier molecular flexibility index (Phi) is 5.73. The first kappa shape index (κ1) is 18.4. The molecular formula is C16H17N3O5S. The van der Waals surface area contributed by atoms with Crippen LogP contribution in [0, 0.1) is 0 Å². The van der Waals surface area contributed by atoms with E-state index in [0.29, 0.717) is 12.1 Å². The molecule has 0 aliphatic heterocycles. The summed E-state index contributed by atoms with van der Waals surface area (Å²) in [6, 6.07) is 11.7. The third-order valence-corrected chi connectivity index (χ3v) is 4.70. The van der Waals surface area contributed by atoms with E-state index in [4.69, 9.17) is 4.74 Å². The van der Waals surface area contributed by atoms with E-state index < -0.39 is 15.9 Å². The van der Waals surface area contributed by atoms with E-state index in [1.807, 2.05) is 4.72 Å². The lowest BCUT2D eigenvalue weighted by Crippen LogP contribution is -2.33. The molecule has 0 bridgehead atoms. The Labute approximate surface area is 145 Å². The number of carbonyl (C=O) groups excluding carboxylic acids is 2. The fourth-order valence-electron chi connectivity index (χ4n) is 2.10. The minimum atomic E-state index is -4.07. The molecule has 0 atom stereocenters. The highest BCUT2D eigenvalue weighted by atomic mass is 32.2. The van der Waals surface area contributed by atoms with Crippen LogP contribution in [0.1, 0.15) is 10.4 Å². The zero-order valence-electron chi connectivity index (χ0n) is 13.6. The zero-order chi connectivity index (χ0) is 18.4. The maximum Gasteiger partial charge on any atom is 0.268 e. The minimum absolute atomic E-state index is 0.104. The predicted molar refractivity (Wildman–Crippen MR) is 91.7 cm³/mol. The molecule has 2 amide bonds. The lowest BCUT2D eigenvalue weighted by Gasteiger charge is -2.16. The fourth-order valence-corrected chi connectivity index (χ4v) is 3.06. The lowest BCUT2D eigenvalue weighted by molar-refractivity contribution is -0.107. The monoisotopic (exact) mass is 363 g/mol. The quantitative estimate of drug-likeness (QED) is 0.560. The summed E-state index contributed by atoms with van der Waals surface area (Å²) < 4.78 is 31.8. The molecule has 0 spiro atoms. The summed E-state index contributed by atoms with van der Waals surface area (Å²) in [4.78, 5) is 23.0. The number of sulfonamides is 1. The van der Waals surface area contributed by atoms with Crippen LogP contribution in [0.15, 0.2) is 53.4 Å². The van der Waals surface area contributed by atoms with E-state index in [2.05, 4.69) is 5.43 Å². The molecule has 2 aromatic carbocycles. The molecule has 8 nitrogen and oxygen atoms in total. The van der Waals surface area contributed by atoms with E-state index in [0.717, 1.165) is 0 Å². The van der Waals surface area contributed by atoms with Crippen LogP contribution in [-0.2, 0) is 14.8 Å². The molecular weight excluding hydrogens is 346 g/mol. The van der Waals surface area contributed by atoms with Gasteiger partial charge in [-0.05, 0) is 36.4 Å². The molecule has 0 saturated heterocycles. The van der Waals surface area contributed by atoms with E-state index >= 15 is 0 Å². The standard InChI is InChI=1S/C16H17N3O5S/c1-17-19(11-20)12-7-9-13(10-8-12)25(22,23)18-16(21)14-5-3-4-6-15(14)24-2/h3-11,17H,1-2H3,(H,18,21). The number of amides is 2. The van der Waals surface area contributed by atoms with Crippen molar-refractivity contribution in [2.75, 3.05) is 19.2 Å². The summed E-state index contributed by atoms with van der Waals surface area (Å²) in [5.41, 5.74) is 3.18.